The van der Waals surface area contributed by atoms with Crippen molar-refractivity contribution in [3.8, 4) is 0 Å². The molecule has 2 amide bonds. The largest absolute Gasteiger partial charge is 0.321 e. The fourth-order valence-corrected chi connectivity index (χ4v) is 4.75. The molecule has 8 heteroatoms. The van der Waals surface area contributed by atoms with Crippen molar-refractivity contribution in [1.29, 1.82) is 0 Å². The lowest BCUT2D eigenvalue weighted by molar-refractivity contribution is -0.133. The molecule has 1 atom stereocenters. The van der Waals surface area contributed by atoms with Gasteiger partial charge in [0.2, 0.25) is 5.91 Å². The van der Waals surface area contributed by atoms with Crippen LogP contribution in [0.1, 0.15) is 30.4 Å². The van der Waals surface area contributed by atoms with E-state index in [9.17, 15) is 18.0 Å². The Balaban J connectivity index is 1.79. The SMILES string of the molecule is Cc1ccc(C)c(NC(=O)C2=NN([C@@H]3CCS(=O)(=O)C3)C(=O)CC2)c1. The molecule has 0 aromatic heterocycles. The van der Waals surface area contributed by atoms with Crippen LogP contribution in [0.15, 0.2) is 23.3 Å². The van der Waals surface area contributed by atoms with Gasteiger partial charge in [0.15, 0.2) is 9.84 Å². The molecule has 2 aliphatic heterocycles. The highest BCUT2D eigenvalue weighted by molar-refractivity contribution is 7.91. The Labute approximate surface area is 147 Å². The van der Waals surface area contributed by atoms with Crippen molar-refractivity contribution in [3.05, 3.63) is 29.3 Å². The first kappa shape index (κ1) is 17.6. The molecule has 0 saturated carbocycles. The van der Waals surface area contributed by atoms with Crippen molar-refractivity contribution in [3.63, 3.8) is 0 Å². The Morgan fingerprint density at radius 1 is 1.28 bits per heavy atom. The van der Waals surface area contributed by atoms with Crippen LogP contribution in [0.5, 0.6) is 0 Å². The van der Waals surface area contributed by atoms with E-state index in [1.54, 1.807) is 0 Å². The number of sulfone groups is 1. The number of aryl methyl sites for hydroxylation is 2. The Kier molecular flexibility index (Phi) is 4.64. The van der Waals surface area contributed by atoms with Crippen LogP contribution in [0, 0.1) is 13.8 Å². The minimum atomic E-state index is -3.13. The lowest BCUT2D eigenvalue weighted by atomic mass is 10.1. The molecule has 3 rings (SSSR count). The number of rotatable bonds is 3. The van der Waals surface area contributed by atoms with Crippen LogP contribution >= 0.6 is 0 Å². The Morgan fingerprint density at radius 2 is 2.04 bits per heavy atom. The summed E-state index contributed by atoms with van der Waals surface area (Å²) in [5.41, 5.74) is 2.93. The molecule has 1 saturated heterocycles. The molecular formula is C17H21N3O4S. The van der Waals surface area contributed by atoms with E-state index < -0.39 is 15.9 Å². The summed E-state index contributed by atoms with van der Waals surface area (Å²) in [6.07, 6.45) is 0.782. The fraction of sp³-hybridized carbons (Fsp3) is 0.471. The van der Waals surface area contributed by atoms with E-state index >= 15 is 0 Å². The lowest BCUT2D eigenvalue weighted by Crippen LogP contribution is -2.42. The molecule has 1 fully saturated rings. The van der Waals surface area contributed by atoms with E-state index in [1.807, 2.05) is 32.0 Å². The Morgan fingerprint density at radius 3 is 2.72 bits per heavy atom. The molecular weight excluding hydrogens is 342 g/mol. The number of carbonyl (C=O) groups is 2. The van der Waals surface area contributed by atoms with Gasteiger partial charge in [-0.25, -0.2) is 13.4 Å². The smallest absolute Gasteiger partial charge is 0.271 e. The second-order valence-corrected chi connectivity index (χ2v) is 8.84. The first-order valence-electron chi connectivity index (χ1n) is 8.24. The minimum Gasteiger partial charge on any atom is -0.321 e. The topological polar surface area (TPSA) is 95.9 Å². The Hall–Kier alpha value is -2.22. The summed E-state index contributed by atoms with van der Waals surface area (Å²) in [6.45, 7) is 3.84. The van der Waals surface area contributed by atoms with Gasteiger partial charge in [-0.3, -0.25) is 9.59 Å². The minimum absolute atomic E-state index is 0.0565. The van der Waals surface area contributed by atoms with Gasteiger partial charge in [-0.05, 0) is 37.5 Å². The van der Waals surface area contributed by atoms with Gasteiger partial charge < -0.3 is 5.32 Å². The predicted molar refractivity (Wildman–Crippen MR) is 95.1 cm³/mol. The number of amides is 2. The molecule has 2 aliphatic rings. The maximum Gasteiger partial charge on any atom is 0.271 e. The van der Waals surface area contributed by atoms with Crippen LogP contribution in [0.2, 0.25) is 0 Å². The average molecular weight is 363 g/mol. The fourth-order valence-electron chi connectivity index (χ4n) is 3.05. The van der Waals surface area contributed by atoms with E-state index in [0.717, 1.165) is 11.1 Å². The third-order valence-electron chi connectivity index (χ3n) is 4.52. The predicted octanol–water partition coefficient (Wildman–Crippen LogP) is 1.41. The van der Waals surface area contributed by atoms with Crippen LogP contribution in [0.3, 0.4) is 0 Å². The molecule has 1 aromatic rings. The standard InChI is InChI=1S/C17H21N3O4S/c1-11-3-4-12(2)15(9-11)18-17(22)14-5-6-16(21)20(19-14)13-7-8-25(23,24)10-13/h3-4,9,13H,5-8,10H2,1-2H3,(H,18,22)/t13-/m1/s1. The average Bonchev–Trinajstić information content (AvgIpc) is 2.91. The zero-order chi connectivity index (χ0) is 18.2. The van der Waals surface area contributed by atoms with E-state index in [0.29, 0.717) is 12.1 Å². The summed E-state index contributed by atoms with van der Waals surface area (Å²) in [7, 11) is -3.13. The van der Waals surface area contributed by atoms with E-state index in [2.05, 4.69) is 10.4 Å². The van der Waals surface area contributed by atoms with Crippen LogP contribution in [-0.4, -0.2) is 48.5 Å². The van der Waals surface area contributed by atoms with Gasteiger partial charge in [0, 0.05) is 18.5 Å². The maximum atomic E-state index is 12.5. The summed E-state index contributed by atoms with van der Waals surface area (Å²) in [5, 5.41) is 8.22. The molecule has 0 aliphatic carbocycles. The van der Waals surface area contributed by atoms with Crippen molar-refractivity contribution in [1.82, 2.24) is 5.01 Å². The van der Waals surface area contributed by atoms with Gasteiger partial charge in [-0.15, -0.1) is 0 Å². The third kappa shape index (κ3) is 3.89. The molecule has 1 N–H and O–H groups in total. The van der Waals surface area contributed by atoms with Crippen LogP contribution in [0.25, 0.3) is 0 Å². The molecule has 0 spiro atoms. The summed E-state index contributed by atoms with van der Waals surface area (Å²) >= 11 is 0. The molecule has 134 valence electrons. The van der Waals surface area contributed by atoms with Gasteiger partial charge in [0.05, 0.1) is 17.5 Å². The van der Waals surface area contributed by atoms with E-state index in [1.165, 1.54) is 5.01 Å². The van der Waals surface area contributed by atoms with Crippen molar-refractivity contribution in [2.45, 2.75) is 39.2 Å². The van der Waals surface area contributed by atoms with Crippen molar-refractivity contribution in [2.24, 2.45) is 5.10 Å². The van der Waals surface area contributed by atoms with Gasteiger partial charge in [-0.1, -0.05) is 12.1 Å². The highest BCUT2D eigenvalue weighted by Crippen LogP contribution is 2.23. The number of hydrazone groups is 1. The number of nitrogens with one attached hydrogen (secondary N) is 1. The second-order valence-electron chi connectivity index (χ2n) is 6.61. The zero-order valence-electron chi connectivity index (χ0n) is 14.3. The van der Waals surface area contributed by atoms with Crippen molar-refractivity contribution in [2.75, 3.05) is 16.8 Å². The summed E-state index contributed by atoms with van der Waals surface area (Å²) in [6, 6.07) is 5.29. The van der Waals surface area contributed by atoms with Gasteiger partial charge in [0.1, 0.15) is 5.71 Å². The number of hydrogen-bond donors (Lipinski definition) is 1. The molecule has 0 unspecified atom stereocenters. The molecule has 1 aromatic carbocycles. The number of benzene rings is 1. The Bertz CT molecular complexity index is 861. The van der Waals surface area contributed by atoms with Gasteiger partial charge in [0.25, 0.3) is 5.91 Å². The molecule has 0 radical (unpaired) electrons. The first-order chi connectivity index (χ1) is 11.7. The second kappa shape index (κ2) is 6.59. The van der Waals surface area contributed by atoms with Crippen LogP contribution in [-0.2, 0) is 19.4 Å². The quantitative estimate of drug-likeness (QED) is 0.878. The lowest BCUT2D eigenvalue weighted by Gasteiger charge is -2.27. The van der Waals surface area contributed by atoms with E-state index in [-0.39, 0.29) is 41.9 Å². The highest BCUT2D eigenvalue weighted by Gasteiger charge is 2.37. The molecule has 0 bridgehead atoms. The molecule has 25 heavy (non-hydrogen) atoms. The first-order valence-corrected chi connectivity index (χ1v) is 10.1. The normalized spacial score (nSPS) is 22.6. The molecule has 7 nitrogen and oxygen atoms in total. The summed E-state index contributed by atoms with van der Waals surface area (Å²) in [5.74, 6) is -0.618. The maximum absolute atomic E-state index is 12.5. The number of anilines is 1. The van der Waals surface area contributed by atoms with Gasteiger partial charge >= 0.3 is 0 Å². The monoisotopic (exact) mass is 363 g/mol. The number of carbonyl (C=O) groups excluding carboxylic acids is 2. The van der Waals surface area contributed by atoms with Crippen LogP contribution in [0.4, 0.5) is 5.69 Å². The van der Waals surface area contributed by atoms with Gasteiger partial charge in [-0.2, -0.15) is 5.10 Å². The number of nitrogens with zero attached hydrogens (tertiary/aromatic N) is 2. The summed E-state index contributed by atoms with van der Waals surface area (Å²) in [4.78, 5) is 24.6. The van der Waals surface area contributed by atoms with Crippen LogP contribution < -0.4 is 5.32 Å². The zero-order valence-corrected chi connectivity index (χ0v) is 15.1. The van der Waals surface area contributed by atoms with E-state index in [4.69, 9.17) is 0 Å². The summed E-state index contributed by atoms with van der Waals surface area (Å²) < 4.78 is 23.3. The van der Waals surface area contributed by atoms with Crippen molar-refractivity contribution < 1.29 is 18.0 Å². The molecule has 2 heterocycles. The third-order valence-corrected chi connectivity index (χ3v) is 6.27. The van der Waals surface area contributed by atoms with Crippen molar-refractivity contribution >= 4 is 33.1 Å². The highest BCUT2D eigenvalue weighted by atomic mass is 32.2. The number of hydrogen-bond acceptors (Lipinski definition) is 5.